The van der Waals surface area contributed by atoms with Crippen LogP contribution in [0, 0.1) is 6.92 Å². The Balaban J connectivity index is 1.41. The van der Waals surface area contributed by atoms with E-state index < -0.39 is 10.0 Å². The van der Waals surface area contributed by atoms with E-state index in [0.29, 0.717) is 36.8 Å². The minimum absolute atomic E-state index is 0.0980. The lowest BCUT2D eigenvalue weighted by molar-refractivity contribution is 0.312. The summed E-state index contributed by atoms with van der Waals surface area (Å²) in [6.45, 7) is 7.43. The lowest BCUT2D eigenvalue weighted by atomic mass is 10.2. The molecule has 2 aromatic rings. The molecule has 0 aliphatic carbocycles. The van der Waals surface area contributed by atoms with E-state index in [4.69, 9.17) is 23.2 Å². The van der Waals surface area contributed by atoms with Crippen molar-refractivity contribution in [3.05, 3.63) is 39.9 Å². The summed E-state index contributed by atoms with van der Waals surface area (Å²) in [5.74, 6) is 1.64. The number of anilines is 2. The highest BCUT2D eigenvalue weighted by atomic mass is 35.5. The van der Waals surface area contributed by atoms with Crippen molar-refractivity contribution in [3.8, 4) is 0 Å². The molecule has 2 aliphatic heterocycles. The Morgan fingerprint density at radius 3 is 1.84 bits per heavy atom. The molecule has 3 heterocycles. The quantitative estimate of drug-likeness (QED) is 0.659. The van der Waals surface area contributed by atoms with Gasteiger partial charge in [0.15, 0.2) is 11.6 Å². The SMILES string of the molecule is Cc1cc(S(=O)(=O)N2CCN(c3ccc(N4CCN(C)CC4)nn3)CC2)c(Cl)cc1Cl. The first-order valence-electron chi connectivity index (χ1n) is 10.2. The number of hydrogen-bond donors (Lipinski definition) is 0. The van der Waals surface area contributed by atoms with E-state index in [2.05, 4.69) is 31.9 Å². The Kier molecular flexibility index (Phi) is 6.60. The summed E-state index contributed by atoms with van der Waals surface area (Å²) < 4.78 is 27.7. The molecule has 1 aromatic heterocycles. The summed E-state index contributed by atoms with van der Waals surface area (Å²) in [6, 6.07) is 6.98. The number of halogens is 2. The number of likely N-dealkylation sites (N-methyl/N-ethyl adjacent to an activating group) is 1. The van der Waals surface area contributed by atoms with E-state index in [1.165, 1.54) is 16.4 Å². The Morgan fingerprint density at radius 2 is 1.32 bits per heavy atom. The van der Waals surface area contributed by atoms with E-state index in [1.54, 1.807) is 6.92 Å². The van der Waals surface area contributed by atoms with Crippen LogP contribution in [0.3, 0.4) is 0 Å². The zero-order chi connectivity index (χ0) is 22.2. The van der Waals surface area contributed by atoms with Crippen LogP contribution in [0.1, 0.15) is 5.56 Å². The van der Waals surface area contributed by atoms with Crippen molar-refractivity contribution in [2.45, 2.75) is 11.8 Å². The molecule has 31 heavy (non-hydrogen) atoms. The molecule has 0 atom stereocenters. The molecule has 2 aliphatic rings. The molecule has 2 saturated heterocycles. The monoisotopic (exact) mass is 484 g/mol. The Labute approximate surface area is 193 Å². The van der Waals surface area contributed by atoms with Gasteiger partial charge in [-0.1, -0.05) is 23.2 Å². The second-order valence-electron chi connectivity index (χ2n) is 7.96. The van der Waals surface area contributed by atoms with Gasteiger partial charge in [0.1, 0.15) is 4.90 Å². The fourth-order valence-electron chi connectivity index (χ4n) is 3.82. The highest BCUT2D eigenvalue weighted by molar-refractivity contribution is 7.89. The molecule has 0 bridgehead atoms. The van der Waals surface area contributed by atoms with Crippen LogP contribution in [0.25, 0.3) is 0 Å². The zero-order valence-corrected chi connectivity index (χ0v) is 20.0. The van der Waals surface area contributed by atoms with Crippen molar-refractivity contribution < 1.29 is 8.42 Å². The number of aryl methyl sites for hydroxylation is 1. The molecule has 2 fully saturated rings. The van der Waals surface area contributed by atoms with Crippen molar-refractivity contribution in [2.24, 2.45) is 0 Å². The maximum Gasteiger partial charge on any atom is 0.244 e. The predicted octanol–water partition coefficient (Wildman–Crippen LogP) is 2.35. The Morgan fingerprint density at radius 1 is 0.806 bits per heavy atom. The number of hydrogen-bond acceptors (Lipinski definition) is 7. The van der Waals surface area contributed by atoms with Crippen molar-refractivity contribution in [1.29, 1.82) is 0 Å². The van der Waals surface area contributed by atoms with Crippen LogP contribution in [0.5, 0.6) is 0 Å². The Bertz CT molecular complexity index is 1030. The van der Waals surface area contributed by atoms with Crippen molar-refractivity contribution in [3.63, 3.8) is 0 Å². The second-order valence-corrected chi connectivity index (χ2v) is 10.7. The van der Waals surface area contributed by atoms with Crippen LogP contribution in [0.4, 0.5) is 11.6 Å². The first kappa shape index (κ1) is 22.5. The molecule has 8 nitrogen and oxygen atoms in total. The fourth-order valence-corrected chi connectivity index (χ4v) is 6.05. The minimum Gasteiger partial charge on any atom is -0.353 e. The molecule has 0 spiro atoms. The number of rotatable bonds is 4. The van der Waals surface area contributed by atoms with Crippen LogP contribution in [0.15, 0.2) is 29.2 Å². The fraction of sp³-hybridized carbons (Fsp3) is 0.500. The topological polar surface area (TPSA) is 72.9 Å². The van der Waals surface area contributed by atoms with Gasteiger partial charge in [0, 0.05) is 57.4 Å². The van der Waals surface area contributed by atoms with Gasteiger partial charge in [-0.15, -0.1) is 10.2 Å². The molecule has 0 amide bonds. The first-order valence-corrected chi connectivity index (χ1v) is 12.4. The van der Waals surface area contributed by atoms with Gasteiger partial charge in [-0.05, 0) is 43.8 Å². The molecule has 0 unspecified atom stereocenters. The minimum atomic E-state index is -3.69. The average Bonchev–Trinajstić information content (AvgIpc) is 2.77. The summed E-state index contributed by atoms with van der Waals surface area (Å²) in [4.78, 5) is 6.69. The molecule has 168 valence electrons. The van der Waals surface area contributed by atoms with E-state index >= 15 is 0 Å². The number of benzene rings is 1. The largest absolute Gasteiger partial charge is 0.353 e. The number of nitrogens with zero attached hydrogens (tertiary/aromatic N) is 6. The van der Waals surface area contributed by atoms with E-state index in [0.717, 1.165) is 37.8 Å². The van der Waals surface area contributed by atoms with Crippen molar-refractivity contribution >= 4 is 44.9 Å². The average molecular weight is 485 g/mol. The van der Waals surface area contributed by atoms with Crippen LogP contribution in [-0.4, -0.2) is 87.2 Å². The van der Waals surface area contributed by atoms with Gasteiger partial charge in [0.2, 0.25) is 10.0 Å². The molecule has 4 rings (SSSR count). The van der Waals surface area contributed by atoms with E-state index in [-0.39, 0.29) is 9.92 Å². The standard InChI is InChI=1S/C20H26Cl2N6O2S/c1-15-13-18(17(22)14-16(15)21)31(29,30)28-11-9-27(10-12-28)20-4-3-19(23-24-20)26-7-5-25(2)6-8-26/h3-4,13-14H,5-12H2,1-2H3. The lowest BCUT2D eigenvalue weighted by Gasteiger charge is -2.35. The first-order chi connectivity index (χ1) is 14.8. The highest BCUT2D eigenvalue weighted by Crippen LogP contribution is 2.31. The third-order valence-corrected chi connectivity index (χ3v) is 8.63. The maximum atomic E-state index is 13.1. The van der Waals surface area contributed by atoms with Gasteiger partial charge in [-0.25, -0.2) is 8.42 Å². The maximum absolute atomic E-state index is 13.1. The van der Waals surface area contributed by atoms with Gasteiger partial charge in [0.05, 0.1) is 5.02 Å². The smallest absolute Gasteiger partial charge is 0.244 e. The normalized spacial score (nSPS) is 19.1. The number of aromatic nitrogens is 2. The van der Waals surface area contributed by atoms with Crippen LogP contribution in [-0.2, 0) is 10.0 Å². The highest BCUT2D eigenvalue weighted by Gasteiger charge is 2.31. The van der Waals surface area contributed by atoms with Gasteiger partial charge < -0.3 is 14.7 Å². The van der Waals surface area contributed by atoms with Gasteiger partial charge in [-0.2, -0.15) is 4.31 Å². The summed E-state index contributed by atoms with van der Waals surface area (Å²) in [5, 5.41) is 9.39. The van der Waals surface area contributed by atoms with Gasteiger partial charge in [0.25, 0.3) is 0 Å². The Hall–Kier alpha value is -1.65. The van der Waals surface area contributed by atoms with Crippen LogP contribution < -0.4 is 9.80 Å². The van der Waals surface area contributed by atoms with Crippen molar-refractivity contribution in [1.82, 2.24) is 19.4 Å². The molecule has 0 N–H and O–H groups in total. The third-order valence-electron chi connectivity index (χ3n) is 5.86. The molecule has 0 saturated carbocycles. The summed E-state index contributed by atoms with van der Waals surface area (Å²) >= 11 is 12.2. The van der Waals surface area contributed by atoms with Gasteiger partial charge >= 0.3 is 0 Å². The van der Waals surface area contributed by atoms with Crippen LogP contribution in [0.2, 0.25) is 10.0 Å². The van der Waals surface area contributed by atoms with E-state index in [1.807, 2.05) is 12.1 Å². The molecule has 1 aromatic carbocycles. The van der Waals surface area contributed by atoms with E-state index in [9.17, 15) is 8.42 Å². The number of piperazine rings is 2. The summed E-state index contributed by atoms with van der Waals surface area (Å²) in [5.41, 5.74) is 0.680. The zero-order valence-electron chi connectivity index (χ0n) is 17.6. The molecular formula is C20H26Cl2N6O2S. The lowest BCUT2D eigenvalue weighted by Crippen LogP contribution is -2.49. The second kappa shape index (κ2) is 9.07. The molecule has 11 heteroatoms. The molecular weight excluding hydrogens is 459 g/mol. The summed E-state index contributed by atoms with van der Waals surface area (Å²) in [6.07, 6.45) is 0. The third kappa shape index (κ3) is 4.75. The molecule has 0 radical (unpaired) electrons. The predicted molar refractivity (Wildman–Crippen MR) is 124 cm³/mol. The number of sulfonamides is 1. The van der Waals surface area contributed by atoms with Crippen molar-refractivity contribution in [2.75, 3.05) is 69.2 Å². The van der Waals surface area contributed by atoms with Gasteiger partial charge in [-0.3, -0.25) is 0 Å². The summed E-state index contributed by atoms with van der Waals surface area (Å²) in [7, 11) is -1.57. The van der Waals surface area contributed by atoms with Crippen LogP contribution >= 0.6 is 23.2 Å².